The van der Waals surface area contributed by atoms with Gasteiger partial charge in [0, 0.05) is 42.8 Å². The van der Waals surface area contributed by atoms with Gasteiger partial charge in [0.1, 0.15) is 5.70 Å². The van der Waals surface area contributed by atoms with E-state index in [4.69, 9.17) is 0 Å². The number of aromatic nitrogens is 3. The second-order valence-corrected chi connectivity index (χ2v) is 6.74. The van der Waals surface area contributed by atoms with Gasteiger partial charge >= 0.3 is 0 Å². The number of nitrogens with zero attached hydrogens (tertiary/aromatic N) is 5. The molecule has 0 spiro atoms. The lowest BCUT2D eigenvalue weighted by molar-refractivity contribution is -0.125. The Balaban J connectivity index is 1.43. The molecule has 0 radical (unpaired) electrons. The quantitative estimate of drug-likeness (QED) is 0.875. The molecule has 1 N–H and O–H groups in total. The zero-order chi connectivity index (χ0) is 19.7. The first kappa shape index (κ1) is 17.8. The molecule has 0 saturated heterocycles. The predicted octanol–water partition coefficient (Wildman–Crippen LogP) is 1.81. The number of anilines is 1. The fourth-order valence-electron chi connectivity index (χ4n) is 3.47. The molecule has 4 heterocycles. The van der Waals surface area contributed by atoms with E-state index in [0.29, 0.717) is 23.8 Å². The molecule has 0 atom stereocenters. The van der Waals surface area contributed by atoms with Crippen LogP contribution in [0.25, 0.3) is 11.3 Å². The van der Waals surface area contributed by atoms with Gasteiger partial charge in [0.05, 0.1) is 24.6 Å². The van der Waals surface area contributed by atoms with Gasteiger partial charge < -0.3 is 15.1 Å². The number of allylic oxidation sites excluding steroid dienone is 1. The van der Waals surface area contributed by atoms with Crippen LogP contribution in [0, 0.1) is 0 Å². The second kappa shape index (κ2) is 7.22. The molecule has 2 aromatic heterocycles. The van der Waals surface area contributed by atoms with Crippen LogP contribution in [0.1, 0.15) is 12.8 Å². The van der Waals surface area contributed by atoms with Crippen molar-refractivity contribution in [2.75, 3.05) is 25.5 Å². The van der Waals surface area contributed by atoms with Crippen LogP contribution in [0.3, 0.4) is 0 Å². The summed E-state index contributed by atoms with van der Waals surface area (Å²) in [6, 6.07) is 3.71. The van der Waals surface area contributed by atoms with E-state index in [1.165, 1.54) is 6.20 Å². The summed E-state index contributed by atoms with van der Waals surface area (Å²) in [4.78, 5) is 41.0. The molecule has 2 aromatic rings. The minimum Gasteiger partial charge on any atom is -0.357 e. The maximum atomic E-state index is 12.5. The van der Waals surface area contributed by atoms with Gasteiger partial charge in [0.25, 0.3) is 5.91 Å². The number of rotatable bonds is 4. The Morgan fingerprint density at radius 2 is 2.14 bits per heavy atom. The van der Waals surface area contributed by atoms with Crippen molar-refractivity contribution in [1.29, 1.82) is 0 Å². The number of hydrogen-bond donors (Lipinski definition) is 1. The van der Waals surface area contributed by atoms with Crippen LogP contribution in [-0.2, 0) is 9.59 Å². The van der Waals surface area contributed by atoms with Gasteiger partial charge in [0.2, 0.25) is 5.91 Å². The molecule has 0 aromatic carbocycles. The number of pyridine rings is 1. The van der Waals surface area contributed by atoms with E-state index < -0.39 is 0 Å². The van der Waals surface area contributed by atoms with Crippen molar-refractivity contribution in [2.24, 2.45) is 0 Å². The molecule has 2 aliphatic heterocycles. The first-order chi connectivity index (χ1) is 13.5. The van der Waals surface area contributed by atoms with E-state index in [0.717, 1.165) is 29.7 Å². The van der Waals surface area contributed by atoms with Gasteiger partial charge in [-0.1, -0.05) is 6.58 Å². The number of carbonyl (C=O) groups is 2. The minimum atomic E-state index is -0.245. The predicted molar refractivity (Wildman–Crippen MR) is 104 cm³/mol. The highest BCUT2D eigenvalue weighted by Gasteiger charge is 2.37. The van der Waals surface area contributed by atoms with Gasteiger partial charge in [-0.2, -0.15) is 0 Å². The topological polar surface area (TPSA) is 91.3 Å². The second-order valence-electron chi connectivity index (χ2n) is 6.74. The highest BCUT2D eigenvalue weighted by atomic mass is 16.2. The summed E-state index contributed by atoms with van der Waals surface area (Å²) >= 11 is 0. The summed E-state index contributed by atoms with van der Waals surface area (Å²) in [6.45, 7) is 4.72. The molecule has 0 fully saturated rings. The van der Waals surface area contributed by atoms with Gasteiger partial charge in [-0.15, -0.1) is 0 Å². The summed E-state index contributed by atoms with van der Waals surface area (Å²) in [5.41, 5.74) is 3.78. The monoisotopic (exact) mass is 376 g/mol. The molecule has 28 heavy (non-hydrogen) atoms. The average Bonchev–Trinajstić information content (AvgIpc) is 2.94. The number of likely N-dealkylation sites (N-methyl/N-ethyl adjacent to an activating group) is 1. The van der Waals surface area contributed by atoms with Gasteiger partial charge in [-0.3, -0.25) is 19.6 Å². The number of amides is 2. The highest BCUT2D eigenvalue weighted by Crippen LogP contribution is 2.35. The fraction of sp³-hybridized carbons (Fsp3) is 0.250. The number of nitrogens with one attached hydrogen (secondary N) is 1. The van der Waals surface area contributed by atoms with E-state index in [1.54, 1.807) is 30.5 Å². The summed E-state index contributed by atoms with van der Waals surface area (Å²) in [5.74, 6) is 0.0152. The summed E-state index contributed by atoms with van der Waals surface area (Å²) in [7, 11) is 1.71. The largest absolute Gasteiger partial charge is 0.357 e. The van der Waals surface area contributed by atoms with Crippen molar-refractivity contribution in [1.82, 2.24) is 24.8 Å². The lowest BCUT2D eigenvalue weighted by Gasteiger charge is -2.28. The van der Waals surface area contributed by atoms with Crippen LogP contribution in [0.5, 0.6) is 0 Å². The molecule has 0 bridgehead atoms. The Kier molecular flexibility index (Phi) is 4.60. The zero-order valence-corrected chi connectivity index (χ0v) is 15.6. The average molecular weight is 376 g/mol. The van der Waals surface area contributed by atoms with Gasteiger partial charge in [-0.05, 0) is 25.0 Å². The molecular formula is C20H20N6O2. The molecule has 0 aliphatic carbocycles. The van der Waals surface area contributed by atoms with Crippen LogP contribution in [0.15, 0.2) is 60.5 Å². The Hall–Kier alpha value is -3.55. The lowest BCUT2D eigenvalue weighted by Crippen LogP contribution is -2.38. The van der Waals surface area contributed by atoms with E-state index in [2.05, 4.69) is 26.8 Å². The Bertz CT molecular complexity index is 968. The molecule has 142 valence electrons. The molecule has 2 aliphatic rings. The van der Waals surface area contributed by atoms with E-state index >= 15 is 0 Å². The molecule has 2 amide bonds. The zero-order valence-electron chi connectivity index (χ0n) is 15.6. The molecule has 0 unspecified atom stereocenters. The molecule has 8 nitrogen and oxygen atoms in total. The molecule has 4 rings (SSSR count). The summed E-state index contributed by atoms with van der Waals surface area (Å²) < 4.78 is 0. The normalized spacial score (nSPS) is 16.5. The molecular weight excluding hydrogens is 356 g/mol. The number of hydrogen-bond acceptors (Lipinski definition) is 6. The SMILES string of the molecule is C=C1C2=C(C(=O)N1C)N(CC(=O)Nc1cnc(-c3cccnc3)cn1)CCC2. The van der Waals surface area contributed by atoms with E-state index in [-0.39, 0.29) is 18.4 Å². The third kappa shape index (κ3) is 3.24. The Labute approximate surface area is 162 Å². The van der Waals surface area contributed by atoms with Crippen molar-refractivity contribution in [2.45, 2.75) is 12.8 Å². The standard InChI is InChI=1S/C20H20N6O2/c1-13-15-6-4-8-26(19(15)20(28)25(13)2)12-18(27)24-17-11-22-16(10-23-17)14-5-3-7-21-9-14/h3,5,7,9-11H,1,4,6,8,12H2,2H3,(H,23,24,27). The van der Waals surface area contributed by atoms with E-state index in [9.17, 15) is 9.59 Å². The summed E-state index contributed by atoms with van der Waals surface area (Å²) in [6.07, 6.45) is 8.18. The first-order valence-electron chi connectivity index (χ1n) is 9.02. The Morgan fingerprint density at radius 1 is 1.29 bits per heavy atom. The van der Waals surface area contributed by atoms with Crippen molar-refractivity contribution in [3.8, 4) is 11.3 Å². The van der Waals surface area contributed by atoms with Crippen molar-refractivity contribution >= 4 is 17.6 Å². The fourth-order valence-corrected chi connectivity index (χ4v) is 3.47. The maximum Gasteiger partial charge on any atom is 0.274 e. The minimum absolute atomic E-state index is 0.0811. The van der Waals surface area contributed by atoms with Crippen LogP contribution in [0.2, 0.25) is 0 Å². The van der Waals surface area contributed by atoms with Crippen LogP contribution < -0.4 is 5.32 Å². The van der Waals surface area contributed by atoms with Crippen LogP contribution >= 0.6 is 0 Å². The van der Waals surface area contributed by atoms with Crippen molar-refractivity contribution in [3.63, 3.8) is 0 Å². The third-order valence-corrected chi connectivity index (χ3v) is 4.93. The maximum absolute atomic E-state index is 12.5. The first-order valence-corrected chi connectivity index (χ1v) is 9.02. The highest BCUT2D eigenvalue weighted by molar-refractivity contribution is 6.01. The number of carbonyl (C=O) groups excluding carboxylic acids is 2. The van der Waals surface area contributed by atoms with Crippen LogP contribution in [-0.4, -0.2) is 56.7 Å². The van der Waals surface area contributed by atoms with Crippen molar-refractivity contribution < 1.29 is 9.59 Å². The van der Waals surface area contributed by atoms with Crippen LogP contribution in [0.4, 0.5) is 5.82 Å². The van der Waals surface area contributed by atoms with Crippen molar-refractivity contribution in [3.05, 3.63) is 60.5 Å². The van der Waals surface area contributed by atoms with Gasteiger partial charge in [0.15, 0.2) is 5.82 Å². The van der Waals surface area contributed by atoms with E-state index in [1.807, 2.05) is 17.0 Å². The smallest absolute Gasteiger partial charge is 0.274 e. The van der Waals surface area contributed by atoms with Gasteiger partial charge in [-0.25, -0.2) is 4.98 Å². The molecule has 0 saturated carbocycles. The summed E-state index contributed by atoms with van der Waals surface area (Å²) in [5, 5.41) is 2.75. The third-order valence-electron chi connectivity index (χ3n) is 4.93. The lowest BCUT2D eigenvalue weighted by atomic mass is 10.0. The molecule has 8 heteroatoms. The Morgan fingerprint density at radius 3 is 2.86 bits per heavy atom.